The minimum atomic E-state index is -0.563. The quantitative estimate of drug-likeness (QED) is 0.823. The zero-order chi connectivity index (χ0) is 15.1. The fraction of sp³-hybridized carbons (Fsp3) is 0.353. The van der Waals surface area contributed by atoms with Gasteiger partial charge in [-0.05, 0) is 31.0 Å². The fourth-order valence-electron chi connectivity index (χ4n) is 2.24. The van der Waals surface area contributed by atoms with Crippen LogP contribution in [-0.4, -0.2) is 17.1 Å². The lowest BCUT2D eigenvalue weighted by molar-refractivity contribution is -0.121. The third-order valence-electron chi connectivity index (χ3n) is 3.35. The molecule has 2 unspecified atom stereocenters. The molecule has 21 heavy (non-hydrogen) atoms. The number of nitrogens with one attached hydrogen (secondary N) is 1. The molecule has 0 bridgehead atoms. The predicted octanol–water partition coefficient (Wildman–Crippen LogP) is 2.84. The Morgan fingerprint density at radius 2 is 2.00 bits per heavy atom. The van der Waals surface area contributed by atoms with E-state index in [2.05, 4.69) is 5.32 Å². The van der Waals surface area contributed by atoms with Crippen LogP contribution >= 0.6 is 0 Å². The molecule has 0 spiro atoms. The van der Waals surface area contributed by atoms with E-state index in [0.29, 0.717) is 19.3 Å². The van der Waals surface area contributed by atoms with Crippen molar-refractivity contribution in [1.82, 2.24) is 5.32 Å². The maximum Gasteiger partial charge on any atom is 0.220 e. The van der Waals surface area contributed by atoms with Crippen LogP contribution in [-0.2, 0) is 11.2 Å². The molecule has 0 aliphatic rings. The van der Waals surface area contributed by atoms with Gasteiger partial charge in [0.25, 0.3) is 0 Å². The number of aryl methyl sites for hydroxylation is 1. The summed E-state index contributed by atoms with van der Waals surface area (Å²) >= 11 is 0. The maximum atomic E-state index is 11.8. The first-order valence-electron chi connectivity index (χ1n) is 7.20. The number of benzene rings is 1. The topological polar surface area (TPSA) is 62.5 Å². The summed E-state index contributed by atoms with van der Waals surface area (Å²) in [6.07, 6.45) is 2.51. The molecule has 0 aliphatic heterocycles. The van der Waals surface area contributed by atoms with Crippen molar-refractivity contribution in [1.29, 1.82) is 0 Å². The van der Waals surface area contributed by atoms with Crippen LogP contribution in [0.4, 0.5) is 0 Å². The summed E-state index contributed by atoms with van der Waals surface area (Å²) in [6.45, 7) is 1.90. The van der Waals surface area contributed by atoms with Crippen molar-refractivity contribution in [2.45, 2.75) is 38.3 Å². The Balaban J connectivity index is 1.73. The van der Waals surface area contributed by atoms with Crippen LogP contribution < -0.4 is 5.32 Å². The summed E-state index contributed by atoms with van der Waals surface area (Å²) in [5, 5.41) is 13.0. The van der Waals surface area contributed by atoms with Gasteiger partial charge in [0.1, 0.15) is 5.76 Å². The van der Waals surface area contributed by atoms with E-state index >= 15 is 0 Å². The van der Waals surface area contributed by atoms with Gasteiger partial charge < -0.3 is 14.8 Å². The average molecular weight is 287 g/mol. The second kappa shape index (κ2) is 7.64. The molecule has 2 rings (SSSR count). The monoisotopic (exact) mass is 287 g/mol. The number of hydrogen-bond donors (Lipinski definition) is 2. The molecular formula is C17H21NO3. The molecule has 1 aromatic carbocycles. The summed E-state index contributed by atoms with van der Waals surface area (Å²) < 4.78 is 5.19. The highest BCUT2D eigenvalue weighted by Crippen LogP contribution is 2.17. The zero-order valence-corrected chi connectivity index (χ0v) is 12.2. The third kappa shape index (κ3) is 5.08. The Hall–Kier alpha value is -2.07. The second-order valence-electron chi connectivity index (χ2n) is 5.21. The van der Waals surface area contributed by atoms with Crippen LogP contribution in [0.1, 0.15) is 37.2 Å². The van der Waals surface area contributed by atoms with Crippen LogP contribution in [0.5, 0.6) is 0 Å². The molecule has 1 heterocycles. The lowest BCUT2D eigenvalue weighted by Gasteiger charge is -2.18. The Morgan fingerprint density at radius 1 is 1.24 bits per heavy atom. The molecule has 2 atom stereocenters. The molecular weight excluding hydrogens is 266 g/mol. The van der Waals surface area contributed by atoms with Gasteiger partial charge >= 0.3 is 0 Å². The van der Waals surface area contributed by atoms with Crippen molar-refractivity contribution in [3.63, 3.8) is 0 Å². The summed E-state index contributed by atoms with van der Waals surface area (Å²) in [5.41, 5.74) is 0.870. The Bertz CT molecular complexity index is 536. The van der Waals surface area contributed by atoms with Crippen molar-refractivity contribution in [3.8, 4) is 0 Å². The largest absolute Gasteiger partial charge is 0.469 e. The molecule has 4 heteroatoms. The molecule has 0 saturated carbocycles. The van der Waals surface area contributed by atoms with E-state index in [1.807, 2.05) is 49.4 Å². The number of hydrogen-bond acceptors (Lipinski definition) is 3. The fourth-order valence-corrected chi connectivity index (χ4v) is 2.24. The van der Waals surface area contributed by atoms with Gasteiger partial charge in [0.05, 0.1) is 12.4 Å². The minimum absolute atomic E-state index is 0.0286. The molecule has 0 fully saturated rings. The highest BCUT2D eigenvalue weighted by Gasteiger charge is 2.14. The summed E-state index contributed by atoms with van der Waals surface area (Å²) in [5.74, 6) is 0.779. The molecule has 1 amide bonds. The van der Waals surface area contributed by atoms with E-state index in [9.17, 15) is 9.90 Å². The number of aliphatic hydroxyl groups excluding tert-OH is 1. The van der Waals surface area contributed by atoms with E-state index in [1.54, 1.807) is 6.26 Å². The van der Waals surface area contributed by atoms with Crippen molar-refractivity contribution in [3.05, 3.63) is 60.1 Å². The molecule has 4 nitrogen and oxygen atoms in total. The molecule has 0 saturated heterocycles. The number of amides is 1. The lowest BCUT2D eigenvalue weighted by atomic mass is 10.0. The standard InChI is InChI=1S/C17H21NO3/c1-13(12-16(19)14-6-3-2-4-7-14)18-17(20)10-9-15-8-5-11-21-15/h2-8,11,13,16,19H,9-10,12H2,1H3,(H,18,20). The van der Waals surface area contributed by atoms with Gasteiger partial charge in [-0.2, -0.15) is 0 Å². The summed E-state index contributed by atoms with van der Waals surface area (Å²) in [6, 6.07) is 13.1. The summed E-state index contributed by atoms with van der Waals surface area (Å²) in [4.78, 5) is 11.8. The van der Waals surface area contributed by atoms with Gasteiger partial charge in [0.15, 0.2) is 0 Å². The van der Waals surface area contributed by atoms with Crippen molar-refractivity contribution >= 4 is 5.91 Å². The van der Waals surface area contributed by atoms with Crippen LogP contribution in [0.15, 0.2) is 53.1 Å². The van der Waals surface area contributed by atoms with Gasteiger partial charge in [-0.15, -0.1) is 0 Å². The minimum Gasteiger partial charge on any atom is -0.469 e. The van der Waals surface area contributed by atoms with Gasteiger partial charge in [-0.3, -0.25) is 4.79 Å². The van der Waals surface area contributed by atoms with E-state index in [4.69, 9.17) is 4.42 Å². The normalized spacial score (nSPS) is 13.6. The Morgan fingerprint density at radius 3 is 2.67 bits per heavy atom. The van der Waals surface area contributed by atoms with E-state index in [0.717, 1.165) is 11.3 Å². The first-order valence-corrected chi connectivity index (χ1v) is 7.20. The highest BCUT2D eigenvalue weighted by molar-refractivity contribution is 5.76. The van der Waals surface area contributed by atoms with Gasteiger partial charge in [-0.25, -0.2) is 0 Å². The predicted molar refractivity (Wildman–Crippen MR) is 80.7 cm³/mol. The van der Waals surface area contributed by atoms with Crippen molar-refractivity contribution in [2.75, 3.05) is 0 Å². The number of rotatable bonds is 7. The first kappa shape index (κ1) is 15.3. The number of furan rings is 1. The lowest BCUT2D eigenvalue weighted by Crippen LogP contribution is -2.33. The van der Waals surface area contributed by atoms with E-state index in [-0.39, 0.29) is 11.9 Å². The summed E-state index contributed by atoms with van der Waals surface area (Å²) in [7, 11) is 0. The third-order valence-corrected chi connectivity index (χ3v) is 3.35. The van der Waals surface area contributed by atoms with Crippen molar-refractivity contribution in [2.24, 2.45) is 0 Å². The van der Waals surface area contributed by atoms with Crippen LogP contribution in [0.2, 0.25) is 0 Å². The molecule has 1 aromatic heterocycles. The van der Waals surface area contributed by atoms with E-state index in [1.165, 1.54) is 0 Å². The molecule has 0 radical (unpaired) electrons. The maximum absolute atomic E-state index is 11.8. The number of carbonyl (C=O) groups is 1. The SMILES string of the molecule is CC(CC(O)c1ccccc1)NC(=O)CCc1ccco1. The van der Waals surface area contributed by atoms with Crippen LogP contribution in [0, 0.1) is 0 Å². The zero-order valence-electron chi connectivity index (χ0n) is 12.2. The molecule has 2 N–H and O–H groups in total. The molecule has 0 aliphatic carbocycles. The van der Waals surface area contributed by atoms with Gasteiger partial charge in [0.2, 0.25) is 5.91 Å². The second-order valence-corrected chi connectivity index (χ2v) is 5.21. The smallest absolute Gasteiger partial charge is 0.220 e. The number of aliphatic hydroxyl groups is 1. The van der Waals surface area contributed by atoms with Gasteiger partial charge in [-0.1, -0.05) is 30.3 Å². The number of carbonyl (C=O) groups excluding carboxylic acids is 1. The molecule has 112 valence electrons. The van der Waals surface area contributed by atoms with E-state index < -0.39 is 6.10 Å². The first-order chi connectivity index (χ1) is 10.1. The Labute approximate surface area is 124 Å². The van der Waals surface area contributed by atoms with Crippen LogP contribution in [0.3, 0.4) is 0 Å². The van der Waals surface area contributed by atoms with Crippen molar-refractivity contribution < 1.29 is 14.3 Å². The molecule has 2 aromatic rings. The van der Waals surface area contributed by atoms with Gasteiger partial charge in [0, 0.05) is 18.9 Å². The van der Waals surface area contributed by atoms with Crippen LogP contribution in [0.25, 0.3) is 0 Å². The highest BCUT2D eigenvalue weighted by atomic mass is 16.3. The average Bonchev–Trinajstić information content (AvgIpc) is 2.99. The Kier molecular flexibility index (Phi) is 5.58.